The highest BCUT2D eigenvalue weighted by Gasteiger charge is 2.01. The summed E-state index contributed by atoms with van der Waals surface area (Å²) in [6.07, 6.45) is 3.63. The molecular weight excluding hydrogens is 228 g/mol. The zero-order valence-electron chi connectivity index (χ0n) is 7.84. The maximum atomic E-state index is 4.26. The number of aromatic nitrogens is 1. The van der Waals surface area contributed by atoms with Gasteiger partial charge in [-0.3, -0.25) is 0 Å². The normalized spacial score (nSPS) is 12.2. The van der Waals surface area contributed by atoms with Gasteiger partial charge in [-0.1, -0.05) is 6.08 Å². The lowest BCUT2D eigenvalue weighted by molar-refractivity contribution is 0.977. The Balaban J connectivity index is 2.83. The average Bonchev–Trinajstić information content (AvgIpc) is 2.09. The first-order chi connectivity index (χ1) is 6.13. The van der Waals surface area contributed by atoms with E-state index in [1.54, 1.807) is 6.20 Å². The molecule has 0 aliphatic carbocycles. The second-order valence-electron chi connectivity index (χ2n) is 2.99. The molecule has 0 amide bonds. The summed E-state index contributed by atoms with van der Waals surface area (Å²) in [6.45, 7) is 7.77. The fraction of sp³-hybridized carbons (Fsp3) is 0.300. The molecule has 1 aromatic rings. The summed E-state index contributed by atoms with van der Waals surface area (Å²) in [4.78, 5) is 4.26. The van der Waals surface area contributed by atoms with E-state index in [9.17, 15) is 0 Å². The van der Waals surface area contributed by atoms with Crippen molar-refractivity contribution in [3.05, 3.63) is 35.0 Å². The molecule has 13 heavy (non-hydrogen) atoms. The number of nitrogens with zero attached hydrogens (tertiary/aromatic N) is 1. The highest BCUT2D eigenvalue weighted by Crippen LogP contribution is 2.17. The zero-order chi connectivity index (χ0) is 9.84. The van der Waals surface area contributed by atoms with Crippen LogP contribution in [0.4, 0.5) is 5.82 Å². The van der Waals surface area contributed by atoms with Crippen LogP contribution in [0, 0.1) is 6.92 Å². The zero-order valence-corrected chi connectivity index (χ0v) is 9.43. The molecule has 1 atom stereocenters. The van der Waals surface area contributed by atoms with Crippen molar-refractivity contribution >= 4 is 21.7 Å². The Morgan fingerprint density at radius 1 is 1.69 bits per heavy atom. The second kappa shape index (κ2) is 4.42. The molecule has 0 aliphatic heterocycles. The molecule has 1 rings (SSSR count). The van der Waals surface area contributed by atoms with Gasteiger partial charge in [0.1, 0.15) is 5.82 Å². The van der Waals surface area contributed by atoms with Crippen LogP contribution in [0.1, 0.15) is 12.5 Å². The molecule has 0 saturated heterocycles. The Kier molecular flexibility index (Phi) is 3.48. The molecule has 1 N–H and O–H groups in total. The van der Waals surface area contributed by atoms with Gasteiger partial charge in [0.15, 0.2) is 0 Å². The number of rotatable bonds is 3. The summed E-state index contributed by atoms with van der Waals surface area (Å²) in [5.74, 6) is 0.913. The van der Waals surface area contributed by atoms with Crippen LogP contribution in [0.2, 0.25) is 0 Å². The average molecular weight is 241 g/mol. The van der Waals surface area contributed by atoms with Gasteiger partial charge in [0.05, 0.1) is 0 Å². The topological polar surface area (TPSA) is 24.9 Å². The third-order valence-corrected chi connectivity index (χ3v) is 2.20. The van der Waals surface area contributed by atoms with Gasteiger partial charge in [-0.2, -0.15) is 0 Å². The predicted octanol–water partition coefficient (Wildman–Crippen LogP) is 3.14. The molecule has 70 valence electrons. The standard InChI is InChI=1S/C10H13BrN2/c1-4-8(3)13-10-7(2)5-9(11)6-12-10/h4-6,8H,1H2,2-3H3,(H,12,13). The monoisotopic (exact) mass is 240 g/mol. The lowest BCUT2D eigenvalue weighted by atomic mass is 10.2. The van der Waals surface area contributed by atoms with Crippen molar-refractivity contribution in [3.63, 3.8) is 0 Å². The molecule has 0 spiro atoms. The number of anilines is 1. The fourth-order valence-electron chi connectivity index (χ4n) is 0.966. The first kappa shape index (κ1) is 10.3. The van der Waals surface area contributed by atoms with Gasteiger partial charge in [-0.25, -0.2) is 4.98 Å². The van der Waals surface area contributed by atoms with E-state index in [1.807, 2.05) is 26.0 Å². The number of aryl methyl sites for hydroxylation is 1. The molecule has 2 nitrogen and oxygen atoms in total. The van der Waals surface area contributed by atoms with E-state index in [4.69, 9.17) is 0 Å². The van der Waals surface area contributed by atoms with Crippen LogP contribution in [-0.2, 0) is 0 Å². The van der Waals surface area contributed by atoms with E-state index in [0.717, 1.165) is 15.9 Å². The number of halogens is 1. The predicted molar refractivity (Wildman–Crippen MR) is 60.0 cm³/mol. The van der Waals surface area contributed by atoms with E-state index in [1.165, 1.54) is 0 Å². The van der Waals surface area contributed by atoms with E-state index in [2.05, 4.69) is 32.8 Å². The van der Waals surface area contributed by atoms with Gasteiger partial charge >= 0.3 is 0 Å². The maximum absolute atomic E-state index is 4.26. The van der Waals surface area contributed by atoms with Crippen LogP contribution < -0.4 is 5.32 Å². The van der Waals surface area contributed by atoms with Gasteiger partial charge in [-0.05, 0) is 41.4 Å². The molecule has 0 bridgehead atoms. The minimum Gasteiger partial charge on any atom is -0.364 e. The maximum Gasteiger partial charge on any atom is 0.129 e. The van der Waals surface area contributed by atoms with Crippen LogP contribution in [0.25, 0.3) is 0 Å². The van der Waals surface area contributed by atoms with E-state index in [0.29, 0.717) is 0 Å². The molecule has 0 aromatic carbocycles. The molecule has 1 aromatic heterocycles. The fourth-order valence-corrected chi connectivity index (χ4v) is 1.41. The lowest BCUT2D eigenvalue weighted by Gasteiger charge is -2.11. The van der Waals surface area contributed by atoms with Crippen LogP contribution >= 0.6 is 15.9 Å². The van der Waals surface area contributed by atoms with Crippen molar-refractivity contribution in [2.75, 3.05) is 5.32 Å². The first-order valence-corrected chi connectivity index (χ1v) is 4.94. The Labute approximate surface area is 87.2 Å². The largest absolute Gasteiger partial charge is 0.364 e. The smallest absolute Gasteiger partial charge is 0.129 e. The molecule has 0 radical (unpaired) electrons. The van der Waals surface area contributed by atoms with Gasteiger partial charge < -0.3 is 5.32 Å². The number of hydrogen-bond donors (Lipinski definition) is 1. The highest BCUT2D eigenvalue weighted by molar-refractivity contribution is 9.10. The second-order valence-corrected chi connectivity index (χ2v) is 3.90. The van der Waals surface area contributed by atoms with E-state index >= 15 is 0 Å². The van der Waals surface area contributed by atoms with Gasteiger partial charge in [0.2, 0.25) is 0 Å². The summed E-state index contributed by atoms with van der Waals surface area (Å²) >= 11 is 3.37. The minimum absolute atomic E-state index is 0.243. The van der Waals surface area contributed by atoms with Crippen LogP contribution in [0.3, 0.4) is 0 Å². The van der Waals surface area contributed by atoms with Gasteiger partial charge in [0.25, 0.3) is 0 Å². The summed E-state index contributed by atoms with van der Waals surface area (Å²) in [5, 5.41) is 3.24. The van der Waals surface area contributed by atoms with Gasteiger partial charge in [0, 0.05) is 16.7 Å². The molecule has 0 fully saturated rings. The van der Waals surface area contributed by atoms with Crippen LogP contribution in [0.5, 0.6) is 0 Å². The Morgan fingerprint density at radius 3 is 2.92 bits per heavy atom. The summed E-state index contributed by atoms with van der Waals surface area (Å²) < 4.78 is 1.00. The molecule has 1 heterocycles. The quantitative estimate of drug-likeness (QED) is 0.822. The first-order valence-electron chi connectivity index (χ1n) is 4.14. The highest BCUT2D eigenvalue weighted by atomic mass is 79.9. The number of nitrogens with one attached hydrogen (secondary N) is 1. The van der Waals surface area contributed by atoms with Crippen molar-refractivity contribution in [1.29, 1.82) is 0 Å². The lowest BCUT2D eigenvalue weighted by Crippen LogP contribution is -2.13. The SMILES string of the molecule is C=CC(C)Nc1ncc(Br)cc1C. The summed E-state index contributed by atoms with van der Waals surface area (Å²) in [7, 11) is 0. The molecule has 3 heteroatoms. The molecule has 1 unspecified atom stereocenters. The van der Waals surface area contributed by atoms with E-state index in [-0.39, 0.29) is 6.04 Å². The molecule has 0 aliphatic rings. The minimum atomic E-state index is 0.243. The third kappa shape index (κ3) is 2.84. The van der Waals surface area contributed by atoms with Crippen molar-refractivity contribution in [3.8, 4) is 0 Å². The third-order valence-electron chi connectivity index (χ3n) is 1.76. The Morgan fingerprint density at radius 2 is 2.38 bits per heavy atom. The van der Waals surface area contributed by atoms with Gasteiger partial charge in [-0.15, -0.1) is 6.58 Å². The Hall–Kier alpha value is -0.830. The molecular formula is C10H13BrN2. The van der Waals surface area contributed by atoms with Crippen molar-refractivity contribution in [2.24, 2.45) is 0 Å². The molecule has 0 saturated carbocycles. The number of hydrogen-bond acceptors (Lipinski definition) is 2. The van der Waals surface area contributed by atoms with E-state index < -0.39 is 0 Å². The van der Waals surface area contributed by atoms with Crippen molar-refractivity contribution in [1.82, 2.24) is 4.98 Å². The number of pyridine rings is 1. The summed E-state index contributed by atoms with van der Waals surface area (Å²) in [5.41, 5.74) is 1.13. The summed E-state index contributed by atoms with van der Waals surface area (Å²) in [6, 6.07) is 2.28. The van der Waals surface area contributed by atoms with Crippen molar-refractivity contribution in [2.45, 2.75) is 19.9 Å². The van der Waals surface area contributed by atoms with Crippen molar-refractivity contribution < 1.29 is 0 Å². The Bertz CT molecular complexity index is 310. The van der Waals surface area contributed by atoms with Crippen LogP contribution in [0.15, 0.2) is 29.4 Å². The van der Waals surface area contributed by atoms with Crippen LogP contribution in [-0.4, -0.2) is 11.0 Å².